The quantitative estimate of drug-likeness (QED) is 0.817. The maximum absolute atomic E-state index is 8.81. The zero-order chi connectivity index (χ0) is 13.8. The lowest BCUT2D eigenvalue weighted by molar-refractivity contribution is 1.15. The first-order valence-corrected chi connectivity index (χ1v) is 7.03. The molecular formula is C14H9BrCl2N2. The van der Waals surface area contributed by atoms with Gasteiger partial charge in [0.1, 0.15) is 0 Å². The van der Waals surface area contributed by atoms with Crippen LogP contribution in [0.25, 0.3) is 0 Å². The summed E-state index contributed by atoms with van der Waals surface area (Å²) in [7, 11) is 0. The van der Waals surface area contributed by atoms with Crippen LogP contribution in [0.3, 0.4) is 0 Å². The van der Waals surface area contributed by atoms with Crippen LogP contribution in [0.2, 0.25) is 10.0 Å². The van der Waals surface area contributed by atoms with E-state index in [-0.39, 0.29) is 0 Å². The first-order valence-electron chi connectivity index (χ1n) is 5.48. The predicted molar refractivity (Wildman–Crippen MR) is 82.6 cm³/mol. The average molecular weight is 356 g/mol. The molecule has 0 bridgehead atoms. The number of rotatable bonds is 3. The number of hydrogen-bond acceptors (Lipinski definition) is 2. The van der Waals surface area contributed by atoms with Crippen LogP contribution in [-0.4, -0.2) is 0 Å². The van der Waals surface area contributed by atoms with Crippen molar-refractivity contribution in [3.8, 4) is 6.07 Å². The zero-order valence-corrected chi connectivity index (χ0v) is 12.9. The maximum atomic E-state index is 8.81. The lowest BCUT2D eigenvalue weighted by Gasteiger charge is -2.11. The van der Waals surface area contributed by atoms with E-state index in [4.69, 9.17) is 28.5 Å². The Kier molecular flexibility index (Phi) is 4.71. The number of nitrogens with one attached hydrogen (secondary N) is 1. The van der Waals surface area contributed by atoms with Gasteiger partial charge in [-0.15, -0.1) is 0 Å². The Bertz CT molecular complexity index is 630. The largest absolute Gasteiger partial charge is 0.380 e. The number of nitriles is 1. The molecule has 0 aliphatic carbocycles. The van der Waals surface area contributed by atoms with E-state index < -0.39 is 0 Å². The van der Waals surface area contributed by atoms with Gasteiger partial charge >= 0.3 is 0 Å². The van der Waals surface area contributed by atoms with E-state index >= 15 is 0 Å². The maximum Gasteiger partial charge on any atom is 0.0992 e. The molecule has 5 heteroatoms. The third-order valence-electron chi connectivity index (χ3n) is 2.62. The Morgan fingerprint density at radius 1 is 1.16 bits per heavy atom. The van der Waals surface area contributed by atoms with Gasteiger partial charge in [0.15, 0.2) is 0 Å². The summed E-state index contributed by atoms with van der Waals surface area (Å²) >= 11 is 15.6. The molecule has 0 aliphatic heterocycles. The molecule has 0 fully saturated rings. The molecule has 0 spiro atoms. The summed E-state index contributed by atoms with van der Waals surface area (Å²) in [5.74, 6) is 0. The molecule has 0 unspecified atom stereocenters. The molecule has 0 amide bonds. The molecular weight excluding hydrogens is 347 g/mol. The minimum absolute atomic E-state index is 0.517. The monoisotopic (exact) mass is 354 g/mol. The molecule has 19 heavy (non-hydrogen) atoms. The third kappa shape index (κ3) is 3.42. The normalized spacial score (nSPS) is 10.0. The number of hydrogen-bond donors (Lipinski definition) is 1. The summed E-state index contributed by atoms with van der Waals surface area (Å²) < 4.78 is 0.828. The van der Waals surface area contributed by atoms with E-state index in [0.29, 0.717) is 22.2 Å². The summed E-state index contributed by atoms with van der Waals surface area (Å²) in [5.41, 5.74) is 2.34. The number of benzene rings is 2. The van der Waals surface area contributed by atoms with Crippen LogP contribution in [0.1, 0.15) is 11.1 Å². The molecule has 0 aliphatic rings. The standard InChI is InChI=1S/C14H9BrCl2N2/c15-11-6-9(7-18)4-5-14(11)19-8-10-12(16)2-1-3-13(10)17/h1-6,19H,8H2. The van der Waals surface area contributed by atoms with Crippen molar-refractivity contribution in [2.45, 2.75) is 6.54 Å². The van der Waals surface area contributed by atoms with Crippen molar-refractivity contribution in [2.24, 2.45) is 0 Å². The molecule has 0 atom stereocenters. The highest BCUT2D eigenvalue weighted by molar-refractivity contribution is 9.10. The number of halogens is 3. The van der Waals surface area contributed by atoms with Gasteiger partial charge < -0.3 is 5.32 Å². The van der Waals surface area contributed by atoms with E-state index in [0.717, 1.165) is 15.7 Å². The van der Waals surface area contributed by atoms with Crippen LogP contribution in [0.5, 0.6) is 0 Å². The highest BCUT2D eigenvalue weighted by atomic mass is 79.9. The summed E-state index contributed by atoms with van der Waals surface area (Å²) in [6.45, 7) is 0.517. The Balaban J connectivity index is 2.17. The fourth-order valence-corrected chi connectivity index (χ4v) is 2.66. The van der Waals surface area contributed by atoms with Gasteiger partial charge in [-0.05, 0) is 46.3 Å². The first-order chi connectivity index (χ1) is 9.11. The van der Waals surface area contributed by atoms with Crippen molar-refractivity contribution < 1.29 is 0 Å². The molecule has 0 radical (unpaired) electrons. The molecule has 96 valence electrons. The molecule has 2 aromatic rings. The number of anilines is 1. The highest BCUT2D eigenvalue weighted by Gasteiger charge is 2.06. The zero-order valence-electron chi connectivity index (χ0n) is 9.75. The molecule has 2 nitrogen and oxygen atoms in total. The lowest BCUT2D eigenvalue weighted by atomic mass is 10.2. The SMILES string of the molecule is N#Cc1ccc(NCc2c(Cl)cccc2Cl)c(Br)c1. The van der Waals surface area contributed by atoms with Crippen LogP contribution in [0.4, 0.5) is 5.69 Å². The minimum Gasteiger partial charge on any atom is -0.380 e. The van der Waals surface area contributed by atoms with Crippen molar-refractivity contribution in [1.29, 1.82) is 5.26 Å². The van der Waals surface area contributed by atoms with Crippen molar-refractivity contribution in [3.63, 3.8) is 0 Å². The summed E-state index contributed by atoms with van der Waals surface area (Å²) in [6, 6.07) is 12.9. The minimum atomic E-state index is 0.517. The number of nitrogens with zero attached hydrogens (tertiary/aromatic N) is 1. The van der Waals surface area contributed by atoms with Gasteiger partial charge in [-0.3, -0.25) is 0 Å². The van der Waals surface area contributed by atoms with Crippen LogP contribution in [-0.2, 0) is 6.54 Å². The van der Waals surface area contributed by atoms with Gasteiger partial charge in [-0.1, -0.05) is 29.3 Å². The Morgan fingerprint density at radius 3 is 2.42 bits per heavy atom. The van der Waals surface area contributed by atoms with Crippen molar-refractivity contribution in [3.05, 3.63) is 62.0 Å². The fraction of sp³-hybridized carbons (Fsp3) is 0.0714. The summed E-state index contributed by atoms with van der Waals surface area (Å²) in [5, 5.41) is 13.3. The second-order valence-electron chi connectivity index (χ2n) is 3.86. The van der Waals surface area contributed by atoms with E-state index in [1.165, 1.54) is 0 Å². The van der Waals surface area contributed by atoms with Gasteiger partial charge in [-0.2, -0.15) is 5.26 Å². The molecule has 0 aromatic heterocycles. The molecule has 2 rings (SSSR count). The molecule has 0 saturated heterocycles. The van der Waals surface area contributed by atoms with Crippen LogP contribution >= 0.6 is 39.1 Å². The second-order valence-corrected chi connectivity index (χ2v) is 5.53. The average Bonchev–Trinajstić information content (AvgIpc) is 2.39. The highest BCUT2D eigenvalue weighted by Crippen LogP contribution is 2.28. The van der Waals surface area contributed by atoms with Crippen LogP contribution in [0.15, 0.2) is 40.9 Å². The van der Waals surface area contributed by atoms with Crippen molar-refractivity contribution >= 4 is 44.8 Å². The Morgan fingerprint density at radius 2 is 1.84 bits per heavy atom. The van der Waals surface area contributed by atoms with Crippen molar-refractivity contribution in [1.82, 2.24) is 0 Å². The van der Waals surface area contributed by atoms with E-state index in [1.54, 1.807) is 24.3 Å². The Labute approximate surface area is 130 Å². The summed E-state index contributed by atoms with van der Waals surface area (Å²) in [6.07, 6.45) is 0. The summed E-state index contributed by atoms with van der Waals surface area (Å²) in [4.78, 5) is 0. The van der Waals surface area contributed by atoms with E-state index in [2.05, 4.69) is 27.3 Å². The van der Waals surface area contributed by atoms with Crippen LogP contribution < -0.4 is 5.32 Å². The van der Waals surface area contributed by atoms with Gasteiger partial charge in [0, 0.05) is 32.3 Å². The van der Waals surface area contributed by atoms with E-state index in [1.807, 2.05) is 12.1 Å². The van der Waals surface area contributed by atoms with Gasteiger partial charge in [0.05, 0.1) is 11.6 Å². The fourth-order valence-electron chi connectivity index (χ4n) is 1.61. The van der Waals surface area contributed by atoms with E-state index in [9.17, 15) is 0 Å². The molecule has 0 heterocycles. The molecule has 1 N–H and O–H groups in total. The molecule has 0 saturated carbocycles. The lowest BCUT2D eigenvalue weighted by Crippen LogP contribution is -2.01. The second kappa shape index (κ2) is 6.29. The van der Waals surface area contributed by atoms with Crippen LogP contribution in [0, 0.1) is 11.3 Å². The third-order valence-corrected chi connectivity index (χ3v) is 3.98. The molecule has 2 aromatic carbocycles. The Hall–Kier alpha value is -1.21. The van der Waals surface area contributed by atoms with Gasteiger partial charge in [-0.25, -0.2) is 0 Å². The van der Waals surface area contributed by atoms with Crippen molar-refractivity contribution in [2.75, 3.05) is 5.32 Å². The smallest absolute Gasteiger partial charge is 0.0992 e. The van der Waals surface area contributed by atoms with Gasteiger partial charge in [0.2, 0.25) is 0 Å². The first kappa shape index (κ1) is 14.2. The van der Waals surface area contributed by atoms with Gasteiger partial charge in [0.25, 0.3) is 0 Å². The topological polar surface area (TPSA) is 35.8 Å². The predicted octanol–water partition coefficient (Wildman–Crippen LogP) is 5.24.